The van der Waals surface area contributed by atoms with Crippen LogP contribution >= 0.6 is 0 Å². The number of aromatic nitrogens is 2. The van der Waals surface area contributed by atoms with E-state index >= 15 is 0 Å². The fourth-order valence-corrected chi connectivity index (χ4v) is 2.14. The van der Waals surface area contributed by atoms with Gasteiger partial charge in [0.15, 0.2) is 0 Å². The van der Waals surface area contributed by atoms with Gasteiger partial charge < -0.3 is 10.6 Å². The predicted octanol–water partition coefficient (Wildman–Crippen LogP) is 3.80. The number of carbonyl (C=O) groups is 1. The van der Waals surface area contributed by atoms with Gasteiger partial charge in [-0.25, -0.2) is 9.97 Å². The Morgan fingerprint density at radius 1 is 1.17 bits per heavy atom. The monoisotopic (exact) mass is 312 g/mol. The van der Waals surface area contributed by atoms with E-state index in [1.807, 2.05) is 38.1 Å². The minimum atomic E-state index is -0.225. The average Bonchev–Trinajstić information content (AvgIpc) is 2.48. The van der Waals surface area contributed by atoms with Crippen LogP contribution in [0.15, 0.2) is 30.3 Å². The van der Waals surface area contributed by atoms with E-state index in [-0.39, 0.29) is 5.91 Å². The highest BCUT2D eigenvalue weighted by Gasteiger charge is 2.12. The number of para-hydroxylation sites is 1. The highest BCUT2D eigenvalue weighted by molar-refractivity contribution is 6.03. The zero-order chi connectivity index (χ0) is 16.8. The zero-order valence-electron chi connectivity index (χ0n) is 14.2. The smallest absolute Gasteiger partial charge is 0.274 e. The minimum Gasteiger partial charge on any atom is -0.354 e. The van der Waals surface area contributed by atoms with E-state index in [9.17, 15) is 4.79 Å². The number of rotatable bonds is 6. The normalized spacial score (nSPS) is 10.7. The summed E-state index contributed by atoms with van der Waals surface area (Å²) in [7, 11) is 0. The molecule has 0 spiro atoms. The predicted molar refractivity (Wildman–Crippen MR) is 93.8 cm³/mol. The summed E-state index contributed by atoms with van der Waals surface area (Å²) >= 11 is 0. The molecular formula is C18H24N4O. The maximum absolute atomic E-state index is 12.4. The first-order chi connectivity index (χ1) is 11.0. The summed E-state index contributed by atoms with van der Waals surface area (Å²) in [5.74, 6) is 0.883. The Balaban J connectivity index is 2.11. The van der Waals surface area contributed by atoms with Crippen molar-refractivity contribution in [3.05, 3.63) is 47.3 Å². The molecular weight excluding hydrogens is 288 g/mol. The number of nitrogens with one attached hydrogen (secondary N) is 2. The van der Waals surface area contributed by atoms with Crippen molar-refractivity contribution in [3.8, 4) is 0 Å². The van der Waals surface area contributed by atoms with Crippen molar-refractivity contribution < 1.29 is 4.79 Å². The van der Waals surface area contributed by atoms with Gasteiger partial charge in [0, 0.05) is 17.9 Å². The van der Waals surface area contributed by atoms with Crippen molar-refractivity contribution in [1.29, 1.82) is 0 Å². The molecule has 2 rings (SSSR count). The molecule has 0 bridgehead atoms. The molecule has 0 saturated carbocycles. The van der Waals surface area contributed by atoms with Crippen LogP contribution in [0.3, 0.4) is 0 Å². The van der Waals surface area contributed by atoms with E-state index in [4.69, 9.17) is 0 Å². The lowest BCUT2D eigenvalue weighted by molar-refractivity contribution is 0.102. The number of hydrogen-bond acceptors (Lipinski definition) is 4. The second kappa shape index (κ2) is 7.72. The largest absolute Gasteiger partial charge is 0.354 e. The van der Waals surface area contributed by atoms with Gasteiger partial charge in [-0.15, -0.1) is 0 Å². The fraction of sp³-hybridized carbons (Fsp3) is 0.389. The van der Waals surface area contributed by atoms with Gasteiger partial charge in [0.05, 0.1) is 0 Å². The summed E-state index contributed by atoms with van der Waals surface area (Å²) in [6, 6.07) is 9.37. The standard InChI is InChI=1S/C18H24N4O/c1-12(2)9-10-19-18-20-14(4)11-16(22-18)17(23)21-15-8-6-5-7-13(15)3/h5-8,11-12H,9-10H2,1-4H3,(H,21,23)(H,19,20,22). The van der Waals surface area contributed by atoms with Gasteiger partial charge in [0.1, 0.15) is 5.69 Å². The maximum Gasteiger partial charge on any atom is 0.274 e. The molecule has 0 aliphatic rings. The Labute approximate surface area is 137 Å². The van der Waals surface area contributed by atoms with Crippen LogP contribution in [0.4, 0.5) is 11.6 Å². The molecule has 2 aromatic rings. The Morgan fingerprint density at radius 3 is 2.61 bits per heavy atom. The molecule has 5 nitrogen and oxygen atoms in total. The molecule has 1 heterocycles. The van der Waals surface area contributed by atoms with Crippen molar-refractivity contribution in [2.45, 2.75) is 34.1 Å². The van der Waals surface area contributed by atoms with Gasteiger partial charge in [-0.2, -0.15) is 0 Å². The fourth-order valence-electron chi connectivity index (χ4n) is 2.14. The topological polar surface area (TPSA) is 66.9 Å². The molecule has 1 aromatic heterocycles. The summed E-state index contributed by atoms with van der Waals surface area (Å²) < 4.78 is 0. The number of nitrogens with zero attached hydrogens (tertiary/aromatic N) is 2. The summed E-state index contributed by atoms with van der Waals surface area (Å²) in [4.78, 5) is 21.1. The van der Waals surface area contributed by atoms with E-state index in [2.05, 4.69) is 34.4 Å². The summed E-state index contributed by atoms with van der Waals surface area (Å²) in [5.41, 5.74) is 2.94. The molecule has 122 valence electrons. The summed E-state index contributed by atoms with van der Waals surface area (Å²) in [6.45, 7) is 8.94. The number of carbonyl (C=O) groups excluding carboxylic acids is 1. The van der Waals surface area contributed by atoms with Crippen molar-refractivity contribution in [2.75, 3.05) is 17.2 Å². The Morgan fingerprint density at radius 2 is 1.91 bits per heavy atom. The van der Waals surface area contributed by atoms with Gasteiger partial charge in [0.2, 0.25) is 5.95 Å². The molecule has 2 N–H and O–H groups in total. The molecule has 0 aliphatic carbocycles. The molecule has 1 aromatic carbocycles. The molecule has 0 atom stereocenters. The van der Waals surface area contributed by atoms with Crippen LogP contribution < -0.4 is 10.6 Å². The Hall–Kier alpha value is -2.43. The van der Waals surface area contributed by atoms with Gasteiger partial charge >= 0.3 is 0 Å². The SMILES string of the molecule is Cc1cc(C(=O)Nc2ccccc2C)nc(NCCC(C)C)n1. The van der Waals surface area contributed by atoms with Crippen LogP contribution in [0.1, 0.15) is 42.0 Å². The van der Waals surface area contributed by atoms with Crippen LogP contribution in [0.2, 0.25) is 0 Å². The van der Waals surface area contributed by atoms with E-state index in [1.165, 1.54) is 0 Å². The van der Waals surface area contributed by atoms with E-state index in [0.29, 0.717) is 17.6 Å². The molecule has 1 amide bonds. The number of aryl methyl sites for hydroxylation is 2. The highest BCUT2D eigenvalue weighted by Crippen LogP contribution is 2.15. The zero-order valence-corrected chi connectivity index (χ0v) is 14.2. The van der Waals surface area contributed by atoms with Gasteiger partial charge in [-0.1, -0.05) is 32.0 Å². The quantitative estimate of drug-likeness (QED) is 0.851. The van der Waals surface area contributed by atoms with Crippen molar-refractivity contribution >= 4 is 17.5 Å². The maximum atomic E-state index is 12.4. The molecule has 23 heavy (non-hydrogen) atoms. The number of benzene rings is 1. The van der Waals surface area contributed by atoms with Crippen LogP contribution in [0.25, 0.3) is 0 Å². The van der Waals surface area contributed by atoms with E-state index in [0.717, 1.165) is 29.9 Å². The summed E-state index contributed by atoms with van der Waals surface area (Å²) in [5, 5.41) is 6.08. The van der Waals surface area contributed by atoms with Crippen molar-refractivity contribution in [2.24, 2.45) is 5.92 Å². The van der Waals surface area contributed by atoms with Crippen LogP contribution in [0, 0.1) is 19.8 Å². The molecule has 0 fully saturated rings. The third kappa shape index (κ3) is 5.06. The van der Waals surface area contributed by atoms with E-state index in [1.54, 1.807) is 6.07 Å². The van der Waals surface area contributed by atoms with Crippen LogP contribution in [-0.2, 0) is 0 Å². The minimum absolute atomic E-state index is 0.225. The van der Waals surface area contributed by atoms with E-state index < -0.39 is 0 Å². The molecule has 0 radical (unpaired) electrons. The first kappa shape index (κ1) is 16.9. The van der Waals surface area contributed by atoms with Gasteiger partial charge in [-0.3, -0.25) is 4.79 Å². The first-order valence-corrected chi connectivity index (χ1v) is 7.92. The van der Waals surface area contributed by atoms with Crippen LogP contribution in [-0.4, -0.2) is 22.4 Å². The average molecular weight is 312 g/mol. The number of hydrogen-bond donors (Lipinski definition) is 2. The van der Waals surface area contributed by atoms with Gasteiger partial charge in [0.25, 0.3) is 5.91 Å². The number of amides is 1. The second-order valence-corrected chi connectivity index (χ2v) is 6.10. The Bertz CT molecular complexity index is 682. The molecule has 0 saturated heterocycles. The lowest BCUT2D eigenvalue weighted by Crippen LogP contribution is -2.17. The second-order valence-electron chi connectivity index (χ2n) is 6.10. The van der Waals surface area contributed by atoms with Crippen LogP contribution in [0.5, 0.6) is 0 Å². The lowest BCUT2D eigenvalue weighted by atomic mass is 10.1. The van der Waals surface area contributed by atoms with Crippen molar-refractivity contribution in [3.63, 3.8) is 0 Å². The molecule has 5 heteroatoms. The van der Waals surface area contributed by atoms with Gasteiger partial charge in [-0.05, 0) is 43.9 Å². The number of anilines is 2. The molecule has 0 unspecified atom stereocenters. The Kier molecular flexibility index (Phi) is 5.68. The van der Waals surface area contributed by atoms with Crippen molar-refractivity contribution in [1.82, 2.24) is 9.97 Å². The summed E-state index contributed by atoms with van der Waals surface area (Å²) in [6.07, 6.45) is 1.03. The third-order valence-corrected chi connectivity index (χ3v) is 3.48. The molecule has 0 aliphatic heterocycles. The highest BCUT2D eigenvalue weighted by atomic mass is 16.1. The third-order valence-electron chi connectivity index (χ3n) is 3.48. The lowest BCUT2D eigenvalue weighted by Gasteiger charge is -2.10. The first-order valence-electron chi connectivity index (χ1n) is 7.92.